The number of para-hydroxylation sites is 2. The molecule has 2 aromatic heterocycles. The lowest BCUT2D eigenvalue weighted by molar-refractivity contribution is 1.18. The average molecular weight is 636 g/mol. The SMILES string of the molecule is N#Cc1ccc2c(c1)c1cc(C#N)ccc1n2-c1ccc(-c2cccc(-c3c(C#N)cccc3-n3c4ccccc4c4ccccc43)c2)cc1. The molecule has 0 aliphatic carbocycles. The summed E-state index contributed by atoms with van der Waals surface area (Å²) in [5, 5.41) is 33.7. The molecule has 50 heavy (non-hydrogen) atoms. The Balaban J connectivity index is 1.18. The molecule has 0 atom stereocenters. The second kappa shape index (κ2) is 11.4. The van der Waals surface area contributed by atoms with Gasteiger partial charge in [0.1, 0.15) is 0 Å². The molecule has 9 rings (SSSR count). The minimum absolute atomic E-state index is 0.577. The van der Waals surface area contributed by atoms with E-state index in [0.717, 1.165) is 66.5 Å². The second-order valence-electron chi connectivity index (χ2n) is 12.3. The van der Waals surface area contributed by atoms with Gasteiger partial charge in [0.15, 0.2) is 0 Å². The molecular weight excluding hydrogens is 611 g/mol. The number of rotatable bonds is 4. The number of benzene rings is 7. The van der Waals surface area contributed by atoms with Gasteiger partial charge in [-0.15, -0.1) is 0 Å². The van der Waals surface area contributed by atoms with E-state index >= 15 is 0 Å². The van der Waals surface area contributed by atoms with Gasteiger partial charge in [-0.25, -0.2) is 0 Å². The maximum Gasteiger partial charge on any atom is 0.0998 e. The number of hydrogen-bond donors (Lipinski definition) is 0. The Bertz CT molecular complexity index is 2830. The lowest BCUT2D eigenvalue weighted by Crippen LogP contribution is -1.99. The summed E-state index contributed by atoms with van der Waals surface area (Å²) >= 11 is 0. The Morgan fingerprint density at radius 3 is 1.54 bits per heavy atom. The van der Waals surface area contributed by atoms with Gasteiger partial charge >= 0.3 is 0 Å². The van der Waals surface area contributed by atoms with Crippen LogP contribution in [-0.2, 0) is 0 Å². The van der Waals surface area contributed by atoms with Crippen molar-refractivity contribution in [2.24, 2.45) is 0 Å². The molecule has 0 amide bonds. The third-order valence-electron chi connectivity index (χ3n) is 9.62. The van der Waals surface area contributed by atoms with Gasteiger partial charge in [-0.05, 0) is 95.6 Å². The highest BCUT2D eigenvalue weighted by Gasteiger charge is 2.19. The zero-order chi connectivity index (χ0) is 33.8. The van der Waals surface area contributed by atoms with E-state index in [4.69, 9.17) is 0 Å². The summed E-state index contributed by atoms with van der Waals surface area (Å²) in [4.78, 5) is 0. The van der Waals surface area contributed by atoms with Crippen LogP contribution in [0.15, 0.2) is 152 Å². The van der Waals surface area contributed by atoms with E-state index in [1.54, 1.807) is 0 Å². The van der Waals surface area contributed by atoms with Crippen molar-refractivity contribution < 1.29 is 0 Å². The van der Waals surface area contributed by atoms with E-state index in [1.807, 2.05) is 48.5 Å². The van der Waals surface area contributed by atoms with Crippen LogP contribution in [0.5, 0.6) is 0 Å². The van der Waals surface area contributed by atoms with Gasteiger partial charge in [0, 0.05) is 32.8 Å². The van der Waals surface area contributed by atoms with Crippen molar-refractivity contribution in [1.29, 1.82) is 15.8 Å². The Hall–Kier alpha value is -7.39. The zero-order valence-electron chi connectivity index (χ0n) is 26.7. The van der Waals surface area contributed by atoms with E-state index in [0.29, 0.717) is 16.7 Å². The number of fused-ring (bicyclic) bond motifs is 6. The Kier molecular flexibility index (Phi) is 6.56. The van der Waals surface area contributed by atoms with Crippen LogP contribution in [0.1, 0.15) is 16.7 Å². The van der Waals surface area contributed by atoms with Gasteiger partial charge in [-0.3, -0.25) is 0 Å². The smallest absolute Gasteiger partial charge is 0.0998 e. The highest BCUT2D eigenvalue weighted by molar-refractivity contribution is 6.11. The van der Waals surface area contributed by atoms with Gasteiger partial charge in [-0.2, -0.15) is 15.8 Å². The summed E-state index contributed by atoms with van der Waals surface area (Å²) in [5.41, 5.74) is 11.8. The zero-order valence-corrected chi connectivity index (χ0v) is 26.7. The van der Waals surface area contributed by atoms with Crippen molar-refractivity contribution in [2.75, 3.05) is 0 Å². The molecule has 0 saturated heterocycles. The fourth-order valence-electron chi connectivity index (χ4n) is 7.40. The van der Waals surface area contributed by atoms with Crippen LogP contribution in [-0.4, -0.2) is 9.13 Å². The maximum absolute atomic E-state index is 10.4. The van der Waals surface area contributed by atoms with E-state index < -0.39 is 0 Å². The molecule has 0 bridgehead atoms. The molecule has 0 aliphatic heterocycles. The van der Waals surface area contributed by atoms with Crippen molar-refractivity contribution in [3.05, 3.63) is 168 Å². The van der Waals surface area contributed by atoms with Crippen molar-refractivity contribution >= 4 is 43.6 Å². The fourth-order valence-corrected chi connectivity index (χ4v) is 7.40. The van der Waals surface area contributed by atoms with Crippen molar-refractivity contribution in [2.45, 2.75) is 0 Å². The summed E-state index contributed by atoms with van der Waals surface area (Å²) in [6.45, 7) is 0. The molecule has 0 radical (unpaired) electrons. The van der Waals surface area contributed by atoms with Crippen LogP contribution in [0.4, 0.5) is 0 Å². The highest BCUT2D eigenvalue weighted by atomic mass is 15.0. The Morgan fingerprint density at radius 1 is 0.380 bits per heavy atom. The first-order chi connectivity index (χ1) is 24.7. The normalized spacial score (nSPS) is 11.1. The molecule has 0 unspecified atom stereocenters. The highest BCUT2D eigenvalue weighted by Crippen LogP contribution is 2.39. The predicted molar refractivity (Wildman–Crippen MR) is 200 cm³/mol. The molecule has 5 nitrogen and oxygen atoms in total. The monoisotopic (exact) mass is 635 g/mol. The first-order valence-corrected chi connectivity index (χ1v) is 16.3. The van der Waals surface area contributed by atoms with Crippen LogP contribution in [0.3, 0.4) is 0 Å². The number of hydrogen-bond acceptors (Lipinski definition) is 3. The summed E-state index contributed by atoms with van der Waals surface area (Å²) in [5.74, 6) is 0. The molecular formula is C45H25N5. The van der Waals surface area contributed by atoms with Crippen molar-refractivity contribution in [1.82, 2.24) is 9.13 Å². The summed E-state index contributed by atoms with van der Waals surface area (Å²) in [7, 11) is 0. The summed E-state index contributed by atoms with van der Waals surface area (Å²) in [6, 6.07) is 57.9. The molecule has 230 valence electrons. The van der Waals surface area contributed by atoms with Gasteiger partial charge in [0.2, 0.25) is 0 Å². The van der Waals surface area contributed by atoms with Crippen LogP contribution in [0.2, 0.25) is 0 Å². The standard InChI is InChI=1S/C45H25N5/c46-26-29-15-21-42-38(23-29)39-24-30(27-47)16-22-43(39)49(42)35-19-17-31(18-20-35)32-7-5-8-33(25-32)45-34(28-48)9-6-14-44(45)50-40-12-3-1-10-36(40)37-11-2-4-13-41(37)50/h1-25H. The molecule has 0 saturated carbocycles. The van der Waals surface area contributed by atoms with Gasteiger partial charge in [-0.1, -0.05) is 72.8 Å². The third kappa shape index (κ3) is 4.38. The van der Waals surface area contributed by atoms with Gasteiger partial charge in [0.25, 0.3) is 0 Å². The molecule has 9 aromatic rings. The van der Waals surface area contributed by atoms with Gasteiger partial charge in [0.05, 0.1) is 62.7 Å². The minimum Gasteiger partial charge on any atom is -0.309 e. The lowest BCUT2D eigenvalue weighted by Gasteiger charge is -2.16. The van der Waals surface area contributed by atoms with Gasteiger partial charge < -0.3 is 9.13 Å². The summed E-state index contributed by atoms with van der Waals surface area (Å²) < 4.78 is 4.45. The van der Waals surface area contributed by atoms with E-state index in [9.17, 15) is 15.8 Å². The number of nitrogens with zero attached hydrogens (tertiary/aromatic N) is 5. The van der Waals surface area contributed by atoms with Crippen molar-refractivity contribution in [3.8, 4) is 51.8 Å². The van der Waals surface area contributed by atoms with E-state index in [2.05, 4.69) is 130 Å². The molecule has 5 heteroatoms. The van der Waals surface area contributed by atoms with Crippen LogP contribution in [0.25, 0.3) is 77.2 Å². The largest absolute Gasteiger partial charge is 0.309 e. The first kappa shape index (κ1) is 28.8. The molecule has 0 spiro atoms. The summed E-state index contributed by atoms with van der Waals surface area (Å²) in [6.07, 6.45) is 0. The Labute approximate surface area is 287 Å². The number of nitriles is 3. The quantitative estimate of drug-likeness (QED) is 0.193. The lowest BCUT2D eigenvalue weighted by atomic mass is 9.94. The van der Waals surface area contributed by atoms with Crippen molar-refractivity contribution in [3.63, 3.8) is 0 Å². The Morgan fingerprint density at radius 2 is 0.940 bits per heavy atom. The molecule has 0 aliphatic rings. The maximum atomic E-state index is 10.4. The second-order valence-corrected chi connectivity index (χ2v) is 12.3. The minimum atomic E-state index is 0.577. The van der Waals surface area contributed by atoms with E-state index in [1.165, 1.54) is 10.8 Å². The molecule has 2 heterocycles. The van der Waals surface area contributed by atoms with Crippen LogP contribution in [0, 0.1) is 34.0 Å². The molecule has 0 N–H and O–H groups in total. The molecule has 0 fully saturated rings. The third-order valence-corrected chi connectivity index (χ3v) is 9.62. The molecule has 7 aromatic carbocycles. The fraction of sp³-hybridized carbons (Fsp3) is 0. The van der Waals surface area contributed by atoms with Crippen LogP contribution < -0.4 is 0 Å². The van der Waals surface area contributed by atoms with Crippen LogP contribution >= 0.6 is 0 Å². The first-order valence-electron chi connectivity index (χ1n) is 16.3. The van der Waals surface area contributed by atoms with E-state index in [-0.39, 0.29) is 0 Å². The predicted octanol–water partition coefficient (Wildman–Crippen LogP) is 10.8. The number of aromatic nitrogens is 2. The average Bonchev–Trinajstić information content (AvgIpc) is 3.69. The topological polar surface area (TPSA) is 81.2 Å².